The lowest BCUT2D eigenvalue weighted by atomic mass is 10.1. The first-order valence-corrected chi connectivity index (χ1v) is 6.36. The van der Waals surface area contributed by atoms with E-state index in [1.54, 1.807) is 0 Å². The summed E-state index contributed by atoms with van der Waals surface area (Å²) >= 11 is 9.58. The van der Waals surface area contributed by atoms with E-state index in [2.05, 4.69) is 20.8 Å². The lowest BCUT2D eigenvalue weighted by Crippen LogP contribution is -2.43. The number of nitrogens with zero attached hydrogens (tertiary/aromatic N) is 1. The van der Waals surface area contributed by atoms with E-state index in [0.717, 1.165) is 28.1 Å². The molecule has 0 aliphatic rings. The number of likely N-dealkylation sites (N-methyl/N-ethyl adjacent to an activating group) is 1. The molecule has 0 bridgehead atoms. The molecule has 0 amide bonds. The summed E-state index contributed by atoms with van der Waals surface area (Å²) in [6.07, 6.45) is 0. The highest BCUT2D eigenvalue weighted by atomic mass is 79.9. The highest BCUT2D eigenvalue weighted by Crippen LogP contribution is 2.22. The summed E-state index contributed by atoms with van der Waals surface area (Å²) in [6.45, 7) is 5.67. The molecule has 1 aromatic carbocycles. The van der Waals surface area contributed by atoms with Gasteiger partial charge < -0.3 is 10.6 Å². The molecule has 0 saturated heterocycles. The van der Waals surface area contributed by atoms with E-state index in [-0.39, 0.29) is 17.9 Å². The summed E-state index contributed by atoms with van der Waals surface area (Å²) in [6, 6.07) is 5.89. The van der Waals surface area contributed by atoms with Crippen molar-refractivity contribution >= 4 is 39.9 Å². The maximum Gasteiger partial charge on any atom is 0.0451 e. The number of hydrogen-bond acceptors (Lipinski definition) is 2. The van der Waals surface area contributed by atoms with Crippen molar-refractivity contribution in [3.63, 3.8) is 0 Å². The zero-order valence-corrected chi connectivity index (χ0v) is 13.5. The number of hydrogen-bond donors (Lipinski definition) is 1. The van der Waals surface area contributed by atoms with Crippen LogP contribution < -0.4 is 5.73 Å². The first-order valence-electron chi connectivity index (χ1n) is 5.19. The maximum absolute atomic E-state index is 6.13. The Hall–Kier alpha value is 0.200. The van der Waals surface area contributed by atoms with Gasteiger partial charge in [-0.25, -0.2) is 0 Å². The average Bonchev–Trinajstić information content (AvgIpc) is 2.08. The Morgan fingerprint density at radius 1 is 1.41 bits per heavy atom. The van der Waals surface area contributed by atoms with Crippen molar-refractivity contribution in [2.75, 3.05) is 13.6 Å². The predicted molar refractivity (Wildman–Crippen MR) is 81.0 cm³/mol. The molecule has 1 aromatic rings. The van der Waals surface area contributed by atoms with Crippen LogP contribution in [0.1, 0.15) is 19.4 Å². The van der Waals surface area contributed by atoms with Gasteiger partial charge in [0.05, 0.1) is 0 Å². The Bertz CT molecular complexity index is 364. The van der Waals surface area contributed by atoms with Crippen LogP contribution >= 0.6 is 39.9 Å². The van der Waals surface area contributed by atoms with Crippen molar-refractivity contribution in [3.8, 4) is 0 Å². The van der Waals surface area contributed by atoms with Crippen LogP contribution in [0, 0.1) is 0 Å². The van der Waals surface area contributed by atoms with Gasteiger partial charge in [-0.2, -0.15) is 0 Å². The molecular formula is C12H19BrCl2N2. The molecule has 0 fully saturated rings. The first kappa shape index (κ1) is 17.2. The third kappa shape index (κ3) is 6.63. The standard InChI is InChI=1S/C12H18BrClN2.ClH/c1-12(2,15)8-16(3)7-9-6-10(13)4-5-11(9)14;/h4-6H,7-8,15H2,1-3H3;1H. The summed E-state index contributed by atoms with van der Waals surface area (Å²) in [5.74, 6) is 0. The summed E-state index contributed by atoms with van der Waals surface area (Å²) < 4.78 is 1.05. The van der Waals surface area contributed by atoms with Crippen molar-refractivity contribution < 1.29 is 0 Å². The van der Waals surface area contributed by atoms with Crippen LogP contribution in [0.2, 0.25) is 5.02 Å². The first-order chi connectivity index (χ1) is 7.28. The Labute approximate surface area is 123 Å². The van der Waals surface area contributed by atoms with Crippen molar-refractivity contribution in [2.45, 2.75) is 25.9 Å². The van der Waals surface area contributed by atoms with Gasteiger partial charge in [0, 0.05) is 28.1 Å². The largest absolute Gasteiger partial charge is 0.324 e. The second-order valence-corrected chi connectivity index (χ2v) is 6.22. The fourth-order valence-electron chi connectivity index (χ4n) is 1.71. The van der Waals surface area contributed by atoms with Crippen LogP contribution in [0.15, 0.2) is 22.7 Å². The zero-order valence-electron chi connectivity index (χ0n) is 10.3. The van der Waals surface area contributed by atoms with Crippen LogP contribution in [0.3, 0.4) is 0 Å². The molecule has 0 aromatic heterocycles. The molecular weight excluding hydrogens is 323 g/mol. The second-order valence-electron chi connectivity index (χ2n) is 4.90. The molecule has 0 spiro atoms. The van der Waals surface area contributed by atoms with E-state index < -0.39 is 0 Å². The van der Waals surface area contributed by atoms with E-state index >= 15 is 0 Å². The van der Waals surface area contributed by atoms with Gasteiger partial charge in [0.25, 0.3) is 0 Å². The maximum atomic E-state index is 6.13. The SMILES string of the molecule is CN(Cc1cc(Br)ccc1Cl)CC(C)(C)N.Cl. The summed E-state index contributed by atoms with van der Waals surface area (Å²) in [7, 11) is 2.05. The van der Waals surface area contributed by atoms with E-state index in [0.29, 0.717) is 0 Å². The molecule has 0 radical (unpaired) electrons. The van der Waals surface area contributed by atoms with Crippen LogP contribution in [-0.2, 0) is 6.54 Å². The molecule has 98 valence electrons. The molecule has 2 N–H and O–H groups in total. The molecule has 0 atom stereocenters. The van der Waals surface area contributed by atoms with Crippen molar-refractivity contribution in [3.05, 3.63) is 33.3 Å². The predicted octanol–water partition coefficient (Wildman–Crippen LogP) is 3.69. The molecule has 2 nitrogen and oxygen atoms in total. The normalized spacial score (nSPS) is 11.5. The van der Waals surface area contributed by atoms with Crippen LogP contribution in [0.25, 0.3) is 0 Å². The third-order valence-electron chi connectivity index (χ3n) is 2.13. The Balaban J connectivity index is 0.00000256. The second kappa shape index (κ2) is 6.95. The summed E-state index contributed by atoms with van der Waals surface area (Å²) in [5.41, 5.74) is 6.90. The van der Waals surface area contributed by atoms with E-state index in [1.807, 2.05) is 39.1 Å². The minimum Gasteiger partial charge on any atom is -0.324 e. The highest BCUT2D eigenvalue weighted by Gasteiger charge is 2.14. The van der Waals surface area contributed by atoms with Crippen LogP contribution in [0.5, 0.6) is 0 Å². The van der Waals surface area contributed by atoms with E-state index in [9.17, 15) is 0 Å². The lowest BCUT2D eigenvalue weighted by molar-refractivity contribution is 0.263. The van der Waals surface area contributed by atoms with Gasteiger partial charge in [0.2, 0.25) is 0 Å². The number of benzene rings is 1. The minimum atomic E-state index is -0.187. The van der Waals surface area contributed by atoms with Gasteiger partial charge >= 0.3 is 0 Å². The molecule has 1 rings (SSSR count). The van der Waals surface area contributed by atoms with Crippen LogP contribution in [0.4, 0.5) is 0 Å². The van der Waals surface area contributed by atoms with Crippen molar-refractivity contribution in [2.24, 2.45) is 5.73 Å². The topological polar surface area (TPSA) is 29.3 Å². The summed E-state index contributed by atoms with van der Waals surface area (Å²) in [5, 5.41) is 0.796. The molecule has 0 heterocycles. The zero-order chi connectivity index (χ0) is 12.3. The van der Waals surface area contributed by atoms with Gasteiger partial charge in [-0.15, -0.1) is 12.4 Å². The number of halogens is 3. The van der Waals surface area contributed by atoms with Crippen LogP contribution in [-0.4, -0.2) is 24.0 Å². The highest BCUT2D eigenvalue weighted by molar-refractivity contribution is 9.10. The van der Waals surface area contributed by atoms with Gasteiger partial charge in [0.1, 0.15) is 0 Å². The monoisotopic (exact) mass is 340 g/mol. The smallest absolute Gasteiger partial charge is 0.0451 e. The average molecular weight is 342 g/mol. The number of nitrogens with two attached hydrogens (primary N) is 1. The van der Waals surface area contributed by atoms with E-state index in [1.165, 1.54) is 0 Å². The molecule has 5 heteroatoms. The minimum absolute atomic E-state index is 0. The molecule has 0 aliphatic heterocycles. The fourth-order valence-corrected chi connectivity index (χ4v) is 2.29. The quantitative estimate of drug-likeness (QED) is 0.904. The summed E-state index contributed by atoms with van der Waals surface area (Å²) in [4.78, 5) is 2.17. The van der Waals surface area contributed by atoms with Gasteiger partial charge in [-0.3, -0.25) is 0 Å². The van der Waals surface area contributed by atoms with Gasteiger partial charge in [0.15, 0.2) is 0 Å². The molecule has 0 unspecified atom stereocenters. The fraction of sp³-hybridized carbons (Fsp3) is 0.500. The van der Waals surface area contributed by atoms with Crippen molar-refractivity contribution in [1.29, 1.82) is 0 Å². The Kier molecular flexibility index (Phi) is 7.04. The lowest BCUT2D eigenvalue weighted by Gasteiger charge is -2.26. The van der Waals surface area contributed by atoms with Gasteiger partial charge in [-0.1, -0.05) is 27.5 Å². The Morgan fingerprint density at radius 3 is 2.53 bits per heavy atom. The van der Waals surface area contributed by atoms with E-state index in [4.69, 9.17) is 17.3 Å². The molecule has 0 saturated carbocycles. The Morgan fingerprint density at radius 2 is 2.00 bits per heavy atom. The van der Waals surface area contributed by atoms with Gasteiger partial charge in [-0.05, 0) is 44.7 Å². The van der Waals surface area contributed by atoms with Crippen molar-refractivity contribution in [1.82, 2.24) is 4.90 Å². The molecule has 0 aliphatic carbocycles. The molecule has 17 heavy (non-hydrogen) atoms. The third-order valence-corrected chi connectivity index (χ3v) is 2.99. The number of rotatable bonds is 4.